The highest BCUT2D eigenvalue weighted by Gasteiger charge is 2.29. The van der Waals surface area contributed by atoms with Crippen molar-refractivity contribution in [1.82, 2.24) is 24.8 Å². The predicted octanol–water partition coefficient (Wildman–Crippen LogP) is 2.87. The number of carbonyl (C=O) groups excluding carboxylic acids is 1. The zero-order chi connectivity index (χ0) is 17.3. The lowest BCUT2D eigenvalue weighted by Crippen LogP contribution is -2.41. The third kappa shape index (κ3) is 3.20. The van der Waals surface area contributed by atoms with E-state index in [9.17, 15) is 4.79 Å². The highest BCUT2D eigenvalue weighted by molar-refractivity contribution is 5.91. The van der Waals surface area contributed by atoms with Crippen LogP contribution in [-0.4, -0.2) is 43.8 Å². The molecule has 0 aliphatic carbocycles. The van der Waals surface area contributed by atoms with Gasteiger partial charge in [0.1, 0.15) is 11.6 Å². The molecule has 0 unspecified atom stereocenters. The van der Waals surface area contributed by atoms with Gasteiger partial charge in [0.15, 0.2) is 0 Å². The number of carbonyl (C=O) groups is 1. The maximum Gasteiger partial charge on any atom is 0.292 e. The Morgan fingerprint density at radius 2 is 2.25 bits per heavy atom. The molecule has 7 nitrogen and oxygen atoms in total. The standard InChI is InChI=1S/C17H25N5O2/c1-5-11(2)15-9-16(24-20-15)17(23)21-8-6-7-14(10-21)22-13(4)18-12(3)19-22/h9,11,14H,5-8,10H2,1-4H3/t11-,14-/m0/s1. The summed E-state index contributed by atoms with van der Waals surface area (Å²) in [6.45, 7) is 9.39. The number of aromatic nitrogens is 4. The molecule has 1 amide bonds. The minimum Gasteiger partial charge on any atom is -0.351 e. The highest BCUT2D eigenvalue weighted by Crippen LogP contribution is 2.24. The van der Waals surface area contributed by atoms with Gasteiger partial charge in [-0.15, -0.1) is 0 Å². The van der Waals surface area contributed by atoms with Crippen LogP contribution in [-0.2, 0) is 0 Å². The van der Waals surface area contributed by atoms with Gasteiger partial charge in [-0.3, -0.25) is 4.79 Å². The molecular formula is C17H25N5O2. The van der Waals surface area contributed by atoms with E-state index in [2.05, 4.69) is 29.1 Å². The molecule has 2 atom stereocenters. The molecule has 2 aromatic rings. The first-order chi connectivity index (χ1) is 11.5. The molecular weight excluding hydrogens is 306 g/mol. The third-order valence-electron chi connectivity index (χ3n) is 4.79. The van der Waals surface area contributed by atoms with Crippen LogP contribution in [0, 0.1) is 13.8 Å². The zero-order valence-corrected chi connectivity index (χ0v) is 14.8. The molecule has 1 fully saturated rings. The van der Waals surface area contributed by atoms with Crippen LogP contribution in [0.1, 0.15) is 73.0 Å². The van der Waals surface area contributed by atoms with Crippen LogP contribution in [0.25, 0.3) is 0 Å². The minimum atomic E-state index is -0.0868. The van der Waals surface area contributed by atoms with Crippen molar-refractivity contribution >= 4 is 5.91 Å². The Kier molecular flexibility index (Phi) is 4.69. The Morgan fingerprint density at radius 3 is 2.92 bits per heavy atom. The average Bonchev–Trinajstić information content (AvgIpc) is 3.20. The number of nitrogens with zero attached hydrogens (tertiary/aromatic N) is 5. The molecule has 0 aromatic carbocycles. The van der Waals surface area contributed by atoms with Crippen molar-refractivity contribution < 1.29 is 9.32 Å². The second-order valence-corrected chi connectivity index (χ2v) is 6.62. The Balaban J connectivity index is 1.73. The summed E-state index contributed by atoms with van der Waals surface area (Å²) in [5.41, 5.74) is 0.845. The molecule has 7 heteroatoms. The fourth-order valence-electron chi connectivity index (χ4n) is 3.21. The van der Waals surface area contributed by atoms with Gasteiger partial charge in [-0.05, 0) is 33.1 Å². The van der Waals surface area contributed by atoms with E-state index in [1.165, 1.54) is 0 Å². The van der Waals surface area contributed by atoms with Crippen molar-refractivity contribution in [2.45, 2.75) is 58.9 Å². The van der Waals surface area contributed by atoms with E-state index in [4.69, 9.17) is 4.52 Å². The largest absolute Gasteiger partial charge is 0.351 e. The molecule has 2 aromatic heterocycles. The molecule has 0 N–H and O–H groups in total. The zero-order valence-electron chi connectivity index (χ0n) is 14.8. The van der Waals surface area contributed by atoms with Crippen LogP contribution in [0.2, 0.25) is 0 Å². The fourth-order valence-corrected chi connectivity index (χ4v) is 3.21. The molecule has 3 heterocycles. The molecule has 130 valence electrons. The first kappa shape index (κ1) is 16.7. The Bertz CT molecular complexity index is 720. The van der Waals surface area contributed by atoms with Gasteiger partial charge in [0.05, 0.1) is 11.7 Å². The normalized spacial score (nSPS) is 19.5. The first-order valence-corrected chi connectivity index (χ1v) is 8.65. The Morgan fingerprint density at radius 1 is 1.46 bits per heavy atom. The van der Waals surface area contributed by atoms with E-state index in [0.717, 1.165) is 43.1 Å². The van der Waals surface area contributed by atoms with Crippen LogP contribution < -0.4 is 0 Å². The molecule has 0 radical (unpaired) electrons. The van der Waals surface area contributed by atoms with Crippen LogP contribution in [0.5, 0.6) is 0 Å². The second-order valence-electron chi connectivity index (χ2n) is 6.62. The van der Waals surface area contributed by atoms with Gasteiger partial charge < -0.3 is 9.42 Å². The number of likely N-dealkylation sites (tertiary alicyclic amines) is 1. The van der Waals surface area contributed by atoms with Crippen molar-refractivity contribution in [3.63, 3.8) is 0 Å². The van der Waals surface area contributed by atoms with Gasteiger partial charge in [-0.1, -0.05) is 19.0 Å². The first-order valence-electron chi connectivity index (χ1n) is 8.65. The van der Waals surface area contributed by atoms with Crippen molar-refractivity contribution in [3.05, 3.63) is 29.2 Å². The smallest absolute Gasteiger partial charge is 0.292 e. The lowest BCUT2D eigenvalue weighted by atomic mass is 10.0. The molecule has 1 aliphatic rings. The van der Waals surface area contributed by atoms with E-state index < -0.39 is 0 Å². The fraction of sp³-hybridized carbons (Fsp3) is 0.647. The van der Waals surface area contributed by atoms with E-state index in [-0.39, 0.29) is 11.9 Å². The maximum absolute atomic E-state index is 12.7. The topological polar surface area (TPSA) is 77.0 Å². The molecule has 1 aliphatic heterocycles. The molecule has 3 rings (SSSR count). The van der Waals surface area contributed by atoms with E-state index >= 15 is 0 Å². The lowest BCUT2D eigenvalue weighted by Gasteiger charge is -2.32. The summed E-state index contributed by atoms with van der Waals surface area (Å²) >= 11 is 0. The SMILES string of the molecule is CC[C@H](C)c1cc(C(=O)N2CCC[C@H](n3nc(C)nc3C)C2)on1. The third-order valence-corrected chi connectivity index (χ3v) is 4.79. The number of piperidine rings is 1. The van der Waals surface area contributed by atoms with Crippen molar-refractivity contribution in [1.29, 1.82) is 0 Å². The van der Waals surface area contributed by atoms with E-state index in [0.29, 0.717) is 18.2 Å². The summed E-state index contributed by atoms with van der Waals surface area (Å²) in [5.74, 6) is 2.20. The molecule has 0 bridgehead atoms. The molecule has 1 saturated heterocycles. The van der Waals surface area contributed by atoms with Crippen LogP contribution in [0.4, 0.5) is 0 Å². The number of hydrogen-bond acceptors (Lipinski definition) is 5. The number of hydrogen-bond donors (Lipinski definition) is 0. The van der Waals surface area contributed by atoms with Crippen molar-refractivity contribution in [2.75, 3.05) is 13.1 Å². The summed E-state index contributed by atoms with van der Waals surface area (Å²) in [7, 11) is 0. The van der Waals surface area contributed by atoms with E-state index in [1.54, 1.807) is 6.07 Å². The minimum absolute atomic E-state index is 0.0868. The Hall–Kier alpha value is -2.18. The molecule has 0 spiro atoms. The maximum atomic E-state index is 12.7. The number of aryl methyl sites for hydroxylation is 2. The average molecular weight is 331 g/mol. The van der Waals surface area contributed by atoms with Crippen LogP contribution in [0.3, 0.4) is 0 Å². The number of rotatable bonds is 4. The van der Waals surface area contributed by atoms with Gasteiger partial charge in [0.2, 0.25) is 5.76 Å². The quantitative estimate of drug-likeness (QED) is 0.861. The second kappa shape index (κ2) is 6.75. The monoisotopic (exact) mass is 331 g/mol. The predicted molar refractivity (Wildman–Crippen MR) is 88.9 cm³/mol. The number of amides is 1. The molecule has 0 saturated carbocycles. The summed E-state index contributed by atoms with van der Waals surface area (Å²) in [4.78, 5) is 18.9. The van der Waals surface area contributed by atoms with Gasteiger partial charge in [0, 0.05) is 25.1 Å². The van der Waals surface area contributed by atoms with Crippen molar-refractivity contribution in [2.24, 2.45) is 0 Å². The summed E-state index contributed by atoms with van der Waals surface area (Å²) < 4.78 is 7.24. The lowest BCUT2D eigenvalue weighted by molar-refractivity contribution is 0.0629. The summed E-state index contributed by atoms with van der Waals surface area (Å²) in [6.07, 6.45) is 2.92. The van der Waals surface area contributed by atoms with Gasteiger partial charge in [-0.2, -0.15) is 5.10 Å². The van der Waals surface area contributed by atoms with Crippen molar-refractivity contribution in [3.8, 4) is 0 Å². The summed E-state index contributed by atoms with van der Waals surface area (Å²) in [6, 6.07) is 1.95. The van der Waals surface area contributed by atoms with Gasteiger partial charge >= 0.3 is 0 Å². The van der Waals surface area contributed by atoms with Gasteiger partial charge in [0.25, 0.3) is 5.91 Å². The highest BCUT2D eigenvalue weighted by atomic mass is 16.5. The Labute approximate surface area is 142 Å². The van der Waals surface area contributed by atoms with Crippen LogP contribution in [0.15, 0.2) is 10.6 Å². The van der Waals surface area contributed by atoms with Gasteiger partial charge in [-0.25, -0.2) is 9.67 Å². The summed E-state index contributed by atoms with van der Waals surface area (Å²) in [5, 5.41) is 8.52. The van der Waals surface area contributed by atoms with E-state index in [1.807, 2.05) is 23.4 Å². The molecule has 24 heavy (non-hydrogen) atoms. The van der Waals surface area contributed by atoms with Crippen LogP contribution >= 0.6 is 0 Å².